The van der Waals surface area contributed by atoms with E-state index in [4.69, 9.17) is 4.74 Å². The molecular weight excluding hydrogens is 420 g/mol. The highest BCUT2D eigenvalue weighted by molar-refractivity contribution is 5.82. The molecule has 4 rings (SSSR count). The number of carbonyl (C=O) groups is 1. The van der Waals surface area contributed by atoms with Gasteiger partial charge in [0.05, 0.1) is 17.3 Å². The number of H-pyrrole nitrogens is 1. The van der Waals surface area contributed by atoms with Gasteiger partial charge in [0.1, 0.15) is 5.82 Å². The van der Waals surface area contributed by atoms with Gasteiger partial charge in [0, 0.05) is 30.2 Å². The van der Waals surface area contributed by atoms with Crippen LogP contribution < -0.4 is 15.4 Å². The molecular formula is C21H21F2N7O2. The van der Waals surface area contributed by atoms with Gasteiger partial charge >= 0.3 is 0 Å². The molecule has 4 aromatic rings. The van der Waals surface area contributed by atoms with E-state index in [0.29, 0.717) is 5.95 Å². The summed E-state index contributed by atoms with van der Waals surface area (Å²) in [5.74, 6) is -2.06. The van der Waals surface area contributed by atoms with Crippen molar-refractivity contribution in [3.63, 3.8) is 0 Å². The minimum atomic E-state index is -0.828. The number of ether oxygens (including phenoxy) is 1. The van der Waals surface area contributed by atoms with Gasteiger partial charge in [0.25, 0.3) is 5.91 Å². The monoisotopic (exact) mass is 441 g/mol. The van der Waals surface area contributed by atoms with Crippen molar-refractivity contribution in [1.29, 1.82) is 0 Å². The van der Waals surface area contributed by atoms with Crippen LogP contribution in [0.4, 0.5) is 20.4 Å². The van der Waals surface area contributed by atoms with Crippen LogP contribution in [0.3, 0.4) is 0 Å². The molecule has 9 nitrogen and oxygen atoms in total. The third kappa shape index (κ3) is 4.51. The van der Waals surface area contributed by atoms with Crippen molar-refractivity contribution >= 4 is 28.4 Å². The maximum Gasteiger partial charge on any atom is 0.258 e. The Labute approximate surface area is 181 Å². The maximum absolute atomic E-state index is 14.7. The molecule has 3 N–H and O–H groups in total. The molecule has 0 aliphatic carbocycles. The van der Waals surface area contributed by atoms with Crippen LogP contribution in [-0.2, 0) is 11.8 Å². The Morgan fingerprint density at radius 3 is 2.81 bits per heavy atom. The standard InChI is InChI=1S/C21H21F2N7O2/c1-11(2)25-19(31)10-32-18-8-15(22)14(7-16(18)23)20-27-21(30(3)29-20)26-13-4-5-17-12(6-13)9-24-28-17/h4-9,11H,10H2,1-3H3,(H,24,28)(H,25,31)(H,26,27,29). The van der Waals surface area contributed by atoms with Gasteiger partial charge < -0.3 is 15.4 Å². The van der Waals surface area contributed by atoms with Crippen LogP contribution in [0.5, 0.6) is 5.75 Å². The van der Waals surface area contributed by atoms with Gasteiger partial charge in [-0.3, -0.25) is 9.89 Å². The maximum atomic E-state index is 14.7. The molecule has 11 heteroatoms. The zero-order chi connectivity index (χ0) is 22.8. The number of rotatable bonds is 7. The first kappa shape index (κ1) is 21.2. The molecule has 0 atom stereocenters. The molecule has 32 heavy (non-hydrogen) atoms. The number of nitrogens with zero attached hydrogens (tertiary/aromatic N) is 4. The summed E-state index contributed by atoms with van der Waals surface area (Å²) in [4.78, 5) is 16.0. The average Bonchev–Trinajstić information content (AvgIpc) is 3.34. The van der Waals surface area contributed by atoms with Crippen LogP contribution in [0.1, 0.15) is 13.8 Å². The molecule has 0 fully saturated rings. The first-order valence-electron chi connectivity index (χ1n) is 9.83. The number of nitrogens with one attached hydrogen (secondary N) is 3. The molecule has 0 radical (unpaired) electrons. The van der Waals surface area contributed by atoms with Crippen molar-refractivity contribution in [3.8, 4) is 17.1 Å². The second-order valence-corrected chi connectivity index (χ2v) is 7.45. The summed E-state index contributed by atoms with van der Waals surface area (Å²) < 4.78 is 35.7. The highest BCUT2D eigenvalue weighted by Gasteiger charge is 2.18. The second kappa shape index (κ2) is 8.61. The van der Waals surface area contributed by atoms with E-state index < -0.39 is 24.1 Å². The summed E-state index contributed by atoms with van der Waals surface area (Å²) in [5.41, 5.74) is 1.49. The molecule has 166 valence electrons. The number of amides is 1. The van der Waals surface area contributed by atoms with E-state index in [-0.39, 0.29) is 23.2 Å². The summed E-state index contributed by atoms with van der Waals surface area (Å²) in [6, 6.07) is 7.29. The number of hydrogen-bond acceptors (Lipinski definition) is 6. The van der Waals surface area contributed by atoms with Crippen molar-refractivity contribution < 1.29 is 18.3 Å². The van der Waals surface area contributed by atoms with E-state index >= 15 is 0 Å². The van der Waals surface area contributed by atoms with Crippen LogP contribution >= 0.6 is 0 Å². The van der Waals surface area contributed by atoms with Gasteiger partial charge in [-0.25, -0.2) is 13.5 Å². The summed E-state index contributed by atoms with van der Waals surface area (Å²) >= 11 is 0. The fraction of sp³-hybridized carbons (Fsp3) is 0.238. The lowest BCUT2D eigenvalue weighted by Gasteiger charge is -2.11. The van der Waals surface area contributed by atoms with E-state index in [1.807, 2.05) is 18.2 Å². The molecule has 0 saturated carbocycles. The summed E-state index contributed by atoms with van der Waals surface area (Å²) in [6.07, 6.45) is 1.69. The van der Waals surface area contributed by atoms with Crippen molar-refractivity contribution in [1.82, 2.24) is 30.3 Å². The van der Waals surface area contributed by atoms with Gasteiger partial charge in [0.2, 0.25) is 5.95 Å². The normalized spacial score (nSPS) is 11.2. The van der Waals surface area contributed by atoms with E-state index in [0.717, 1.165) is 28.7 Å². The fourth-order valence-electron chi connectivity index (χ4n) is 3.07. The van der Waals surface area contributed by atoms with Crippen LogP contribution in [0.25, 0.3) is 22.3 Å². The third-order valence-corrected chi connectivity index (χ3v) is 4.53. The SMILES string of the molecule is CC(C)NC(=O)COc1cc(F)c(-c2nc(Nc3ccc4[nH]ncc4c3)n(C)n2)cc1F. The third-order valence-electron chi connectivity index (χ3n) is 4.53. The Balaban J connectivity index is 1.53. The number of aromatic amines is 1. The molecule has 1 amide bonds. The Hall–Kier alpha value is -4.02. The number of carbonyl (C=O) groups excluding carboxylic acids is 1. The number of anilines is 2. The molecule has 2 heterocycles. The molecule has 0 spiro atoms. The molecule has 0 aliphatic heterocycles. The number of halogens is 2. The van der Waals surface area contributed by atoms with E-state index in [1.54, 1.807) is 27.1 Å². The predicted molar refractivity (Wildman–Crippen MR) is 115 cm³/mol. The quantitative estimate of drug-likeness (QED) is 0.406. The van der Waals surface area contributed by atoms with Gasteiger partial charge in [-0.1, -0.05) is 0 Å². The summed E-state index contributed by atoms with van der Waals surface area (Å²) in [5, 5.41) is 17.6. The van der Waals surface area contributed by atoms with Gasteiger partial charge in [-0.05, 0) is 38.1 Å². The fourth-order valence-corrected chi connectivity index (χ4v) is 3.07. The highest BCUT2D eigenvalue weighted by atomic mass is 19.1. The van der Waals surface area contributed by atoms with E-state index in [2.05, 4.69) is 30.9 Å². The molecule has 2 aromatic heterocycles. The van der Waals surface area contributed by atoms with Crippen molar-refractivity contribution in [2.24, 2.45) is 7.05 Å². The van der Waals surface area contributed by atoms with Crippen LogP contribution in [0, 0.1) is 11.6 Å². The molecule has 0 aliphatic rings. The number of hydrogen-bond donors (Lipinski definition) is 3. The zero-order valence-electron chi connectivity index (χ0n) is 17.6. The Morgan fingerprint density at radius 2 is 2.03 bits per heavy atom. The van der Waals surface area contributed by atoms with Crippen LogP contribution in [-0.4, -0.2) is 43.5 Å². The number of fused-ring (bicyclic) bond motifs is 1. The van der Waals surface area contributed by atoms with Crippen molar-refractivity contribution in [2.45, 2.75) is 19.9 Å². The Morgan fingerprint density at radius 1 is 1.22 bits per heavy atom. The first-order valence-corrected chi connectivity index (χ1v) is 9.83. The minimum absolute atomic E-state index is 0.000102. The topological polar surface area (TPSA) is 110 Å². The molecule has 0 unspecified atom stereocenters. The number of aromatic nitrogens is 5. The smallest absolute Gasteiger partial charge is 0.258 e. The van der Waals surface area contributed by atoms with Gasteiger partial charge in [-0.15, -0.1) is 5.10 Å². The van der Waals surface area contributed by atoms with Crippen LogP contribution in [0.2, 0.25) is 0 Å². The number of aryl methyl sites for hydroxylation is 1. The first-order chi connectivity index (χ1) is 15.3. The largest absolute Gasteiger partial charge is 0.481 e. The molecule has 0 saturated heterocycles. The summed E-state index contributed by atoms with van der Waals surface area (Å²) in [7, 11) is 1.63. The Kier molecular flexibility index (Phi) is 5.71. The van der Waals surface area contributed by atoms with E-state index in [1.165, 1.54) is 4.68 Å². The van der Waals surface area contributed by atoms with Crippen LogP contribution in [0.15, 0.2) is 36.5 Å². The number of benzene rings is 2. The second-order valence-electron chi connectivity index (χ2n) is 7.45. The Bertz CT molecular complexity index is 1280. The lowest BCUT2D eigenvalue weighted by atomic mass is 10.2. The predicted octanol–water partition coefficient (Wildman–Crippen LogP) is 3.28. The molecule has 2 aromatic carbocycles. The lowest BCUT2D eigenvalue weighted by molar-refractivity contribution is -0.123. The van der Waals surface area contributed by atoms with Gasteiger partial charge in [-0.2, -0.15) is 10.1 Å². The molecule has 0 bridgehead atoms. The van der Waals surface area contributed by atoms with E-state index in [9.17, 15) is 13.6 Å². The average molecular weight is 441 g/mol. The zero-order valence-corrected chi connectivity index (χ0v) is 17.6. The van der Waals surface area contributed by atoms with Crippen molar-refractivity contribution in [3.05, 3.63) is 48.2 Å². The van der Waals surface area contributed by atoms with Crippen molar-refractivity contribution in [2.75, 3.05) is 11.9 Å². The highest BCUT2D eigenvalue weighted by Crippen LogP contribution is 2.29. The minimum Gasteiger partial charge on any atom is -0.481 e. The lowest BCUT2D eigenvalue weighted by Crippen LogP contribution is -2.34. The summed E-state index contributed by atoms with van der Waals surface area (Å²) in [6.45, 7) is 3.14. The van der Waals surface area contributed by atoms with Gasteiger partial charge in [0.15, 0.2) is 24.0 Å².